The highest BCUT2D eigenvalue weighted by atomic mass is 16.2. The molecule has 4 heteroatoms. The number of nitrogens with two attached hydrogens (primary N) is 2. The van der Waals surface area contributed by atoms with Gasteiger partial charge in [-0.05, 0) is 24.1 Å². The summed E-state index contributed by atoms with van der Waals surface area (Å²) in [6.07, 6.45) is 1.39. The molecule has 1 heterocycles. The molecular formula is C13H19N3O. The molecule has 17 heavy (non-hydrogen) atoms. The van der Waals surface area contributed by atoms with Gasteiger partial charge >= 0.3 is 0 Å². The standard InChI is InChI=1S/C13H19N3O/c1-2-7-16-12(17)8-11(15)13(16)9-3-5-10(14)6-4-9/h3-6,11,13H,2,7-8,14-15H2,1H3/t11-,13+/m0/s1. The van der Waals surface area contributed by atoms with E-state index in [4.69, 9.17) is 11.5 Å². The van der Waals surface area contributed by atoms with Gasteiger partial charge in [0.1, 0.15) is 0 Å². The van der Waals surface area contributed by atoms with E-state index in [-0.39, 0.29) is 18.0 Å². The zero-order valence-electron chi connectivity index (χ0n) is 10.1. The van der Waals surface area contributed by atoms with E-state index in [9.17, 15) is 4.79 Å². The number of carbonyl (C=O) groups excluding carboxylic acids is 1. The molecule has 0 unspecified atom stereocenters. The quantitative estimate of drug-likeness (QED) is 0.772. The summed E-state index contributed by atoms with van der Waals surface area (Å²) in [5.74, 6) is 0.154. The topological polar surface area (TPSA) is 72.3 Å². The number of benzene rings is 1. The Kier molecular flexibility index (Phi) is 3.33. The maximum atomic E-state index is 11.8. The molecule has 1 aromatic carbocycles. The van der Waals surface area contributed by atoms with Crippen molar-refractivity contribution in [2.24, 2.45) is 5.73 Å². The van der Waals surface area contributed by atoms with E-state index in [0.29, 0.717) is 6.42 Å². The molecule has 1 aromatic rings. The van der Waals surface area contributed by atoms with Crippen molar-refractivity contribution < 1.29 is 4.79 Å². The van der Waals surface area contributed by atoms with E-state index >= 15 is 0 Å². The molecule has 1 aliphatic heterocycles. The van der Waals surface area contributed by atoms with Gasteiger partial charge in [0.15, 0.2) is 0 Å². The molecule has 92 valence electrons. The summed E-state index contributed by atoms with van der Waals surface area (Å²) in [4.78, 5) is 13.7. The van der Waals surface area contributed by atoms with Gasteiger partial charge in [0, 0.05) is 24.7 Å². The Morgan fingerprint density at radius 2 is 2.00 bits per heavy atom. The lowest BCUT2D eigenvalue weighted by Gasteiger charge is -2.27. The predicted octanol–water partition coefficient (Wildman–Crippen LogP) is 1.28. The average Bonchev–Trinajstić information content (AvgIpc) is 2.56. The first kappa shape index (κ1) is 11.9. The minimum absolute atomic E-state index is 0.00282. The highest BCUT2D eigenvalue weighted by molar-refractivity contribution is 5.80. The van der Waals surface area contributed by atoms with Gasteiger partial charge in [0.05, 0.1) is 6.04 Å². The second kappa shape index (κ2) is 4.75. The Morgan fingerprint density at radius 3 is 2.59 bits per heavy atom. The molecular weight excluding hydrogens is 214 g/mol. The van der Waals surface area contributed by atoms with Crippen molar-refractivity contribution in [3.63, 3.8) is 0 Å². The van der Waals surface area contributed by atoms with Crippen molar-refractivity contribution in [2.45, 2.75) is 31.8 Å². The summed E-state index contributed by atoms with van der Waals surface area (Å²) < 4.78 is 0. The third-order valence-corrected chi connectivity index (χ3v) is 3.21. The van der Waals surface area contributed by atoms with Crippen LogP contribution in [0.25, 0.3) is 0 Å². The smallest absolute Gasteiger partial charge is 0.224 e. The molecule has 0 spiro atoms. The summed E-state index contributed by atoms with van der Waals surface area (Å²) in [5, 5.41) is 0. The second-order valence-electron chi connectivity index (χ2n) is 4.57. The monoisotopic (exact) mass is 233 g/mol. The first-order valence-corrected chi connectivity index (χ1v) is 6.04. The molecule has 1 aliphatic rings. The lowest BCUT2D eigenvalue weighted by molar-refractivity contribution is -0.129. The van der Waals surface area contributed by atoms with Crippen LogP contribution < -0.4 is 11.5 Å². The molecule has 1 fully saturated rings. The third-order valence-electron chi connectivity index (χ3n) is 3.21. The Balaban J connectivity index is 2.28. The molecule has 0 saturated carbocycles. The molecule has 0 radical (unpaired) electrons. The normalized spacial score (nSPS) is 24.4. The van der Waals surface area contributed by atoms with Crippen LogP contribution in [0.15, 0.2) is 24.3 Å². The van der Waals surface area contributed by atoms with E-state index in [2.05, 4.69) is 6.92 Å². The largest absolute Gasteiger partial charge is 0.399 e. The zero-order chi connectivity index (χ0) is 12.4. The van der Waals surface area contributed by atoms with E-state index in [1.165, 1.54) is 0 Å². The summed E-state index contributed by atoms with van der Waals surface area (Å²) >= 11 is 0. The molecule has 2 rings (SSSR count). The highest BCUT2D eigenvalue weighted by Gasteiger charge is 2.37. The van der Waals surface area contributed by atoms with Crippen LogP contribution in [-0.4, -0.2) is 23.4 Å². The Morgan fingerprint density at radius 1 is 1.35 bits per heavy atom. The van der Waals surface area contributed by atoms with Crippen LogP contribution in [0, 0.1) is 0 Å². The van der Waals surface area contributed by atoms with Gasteiger partial charge in [0.25, 0.3) is 0 Å². The van der Waals surface area contributed by atoms with Crippen molar-refractivity contribution in [1.29, 1.82) is 0 Å². The number of amides is 1. The predicted molar refractivity (Wildman–Crippen MR) is 68.2 cm³/mol. The van der Waals surface area contributed by atoms with E-state index in [0.717, 1.165) is 24.2 Å². The third kappa shape index (κ3) is 2.26. The summed E-state index contributed by atoms with van der Waals surface area (Å²) in [6.45, 7) is 2.83. The molecule has 4 nitrogen and oxygen atoms in total. The number of anilines is 1. The van der Waals surface area contributed by atoms with Crippen LogP contribution >= 0.6 is 0 Å². The van der Waals surface area contributed by atoms with Crippen molar-refractivity contribution in [2.75, 3.05) is 12.3 Å². The number of likely N-dealkylation sites (tertiary alicyclic amines) is 1. The average molecular weight is 233 g/mol. The molecule has 2 atom stereocenters. The minimum atomic E-state index is -0.113. The molecule has 0 bridgehead atoms. The minimum Gasteiger partial charge on any atom is -0.399 e. The fraction of sp³-hybridized carbons (Fsp3) is 0.462. The lowest BCUT2D eigenvalue weighted by Crippen LogP contribution is -2.33. The first-order valence-electron chi connectivity index (χ1n) is 6.04. The summed E-state index contributed by atoms with van der Waals surface area (Å²) in [5.41, 5.74) is 13.5. The zero-order valence-corrected chi connectivity index (χ0v) is 10.1. The van der Waals surface area contributed by atoms with E-state index < -0.39 is 0 Å². The SMILES string of the molecule is CCCN1C(=O)C[C@H](N)[C@H]1c1ccc(N)cc1. The van der Waals surface area contributed by atoms with Crippen LogP contribution in [0.1, 0.15) is 31.4 Å². The molecule has 4 N–H and O–H groups in total. The summed E-state index contributed by atoms with van der Waals surface area (Å²) in [6, 6.07) is 7.52. The van der Waals surface area contributed by atoms with Gasteiger partial charge in [-0.15, -0.1) is 0 Å². The summed E-state index contributed by atoms with van der Waals surface area (Å²) in [7, 11) is 0. The van der Waals surface area contributed by atoms with Crippen molar-refractivity contribution >= 4 is 11.6 Å². The molecule has 0 aromatic heterocycles. The Labute approximate surface area is 102 Å². The van der Waals surface area contributed by atoms with Gasteiger partial charge < -0.3 is 16.4 Å². The van der Waals surface area contributed by atoms with Gasteiger partial charge in [-0.3, -0.25) is 4.79 Å². The van der Waals surface area contributed by atoms with Crippen molar-refractivity contribution in [1.82, 2.24) is 4.90 Å². The Bertz CT molecular complexity index is 402. The highest BCUT2D eigenvalue weighted by Crippen LogP contribution is 2.32. The first-order chi connectivity index (χ1) is 8.13. The van der Waals surface area contributed by atoms with E-state index in [1.54, 1.807) is 0 Å². The van der Waals surface area contributed by atoms with Gasteiger partial charge in [-0.25, -0.2) is 0 Å². The number of nitrogens with zero attached hydrogens (tertiary/aromatic N) is 1. The van der Waals surface area contributed by atoms with Crippen molar-refractivity contribution in [3.8, 4) is 0 Å². The van der Waals surface area contributed by atoms with Crippen LogP contribution in [0.4, 0.5) is 5.69 Å². The van der Waals surface area contributed by atoms with E-state index in [1.807, 2.05) is 29.2 Å². The molecule has 1 amide bonds. The van der Waals surface area contributed by atoms with Gasteiger partial charge in [0.2, 0.25) is 5.91 Å². The van der Waals surface area contributed by atoms with Crippen LogP contribution in [0.2, 0.25) is 0 Å². The molecule has 0 aliphatic carbocycles. The fourth-order valence-corrected chi connectivity index (χ4v) is 2.44. The fourth-order valence-electron chi connectivity index (χ4n) is 2.44. The Hall–Kier alpha value is -1.55. The van der Waals surface area contributed by atoms with Crippen LogP contribution in [-0.2, 0) is 4.79 Å². The maximum absolute atomic E-state index is 11.8. The maximum Gasteiger partial charge on any atom is 0.224 e. The number of hydrogen-bond acceptors (Lipinski definition) is 3. The van der Waals surface area contributed by atoms with Crippen molar-refractivity contribution in [3.05, 3.63) is 29.8 Å². The van der Waals surface area contributed by atoms with Gasteiger partial charge in [-0.2, -0.15) is 0 Å². The van der Waals surface area contributed by atoms with Crippen LogP contribution in [0.3, 0.4) is 0 Å². The lowest BCUT2D eigenvalue weighted by atomic mass is 10.0. The second-order valence-corrected chi connectivity index (χ2v) is 4.57. The van der Waals surface area contributed by atoms with Gasteiger partial charge in [-0.1, -0.05) is 19.1 Å². The number of nitrogen functional groups attached to an aromatic ring is 1. The molecule has 1 saturated heterocycles. The van der Waals surface area contributed by atoms with Crippen LogP contribution in [0.5, 0.6) is 0 Å². The number of carbonyl (C=O) groups is 1. The number of rotatable bonds is 3. The number of hydrogen-bond donors (Lipinski definition) is 2.